The van der Waals surface area contributed by atoms with E-state index in [2.05, 4.69) is 28.6 Å². The molecule has 3 aromatic rings. The molecule has 1 unspecified atom stereocenters. The molecular weight excluding hydrogens is 432 g/mol. The predicted octanol–water partition coefficient (Wildman–Crippen LogP) is 5.42. The molecule has 1 aromatic heterocycles. The maximum absolute atomic E-state index is 9.65. The Balaban J connectivity index is 1.26. The molecule has 33 heavy (non-hydrogen) atoms. The number of benzene rings is 2. The summed E-state index contributed by atoms with van der Waals surface area (Å²) in [6.45, 7) is 4.84. The Morgan fingerprint density at radius 3 is 2.36 bits per heavy atom. The molecule has 5 heteroatoms. The van der Waals surface area contributed by atoms with Gasteiger partial charge in [-0.25, -0.2) is 4.98 Å². The van der Waals surface area contributed by atoms with E-state index in [-0.39, 0.29) is 6.10 Å². The number of likely N-dealkylation sites (tertiary alicyclic amines) is 1. The van der Waals surface area contributed by atoms with E-state index in [1.165, 1.54) is 0 Å². The van der Waals surface area contributed by atoms with Crippen molar-refractivity contribution in [1.29, 1.82) is 0 Å². The van der Waals surface area contributed by atoms with Crippen molar-refractivity contribution in [1.82, 2.24) is 9.88 Å². The van der Waals surface area contributed by atoms with Crippen molar-refractivity contribution < 1.29 is 9.84 Å². The molecule has 1 atom stereocenters. The summed E-state index contributed by atoms with van der Waals surface area (Å²) in [5, 5.41) is 10.4. The Morgan fingerprint density at radius 2 is 1.70 bits per heavy atom. The van der Waals surface area contributed by atoms with Crippen molar-refractivity contribution in [3.8, 4) is 28.7 Å². The number of pyridine rings is 1. The van der Waals surface area contributed by atoms with Crippen LogP contribution in [0.4, 0.5) is 0 Å². The molecule has 1 N–H and O–H groups in total. The first-order chi connectivity index (χ1) is 16.1. The van der Waals surface area contributed by atoms with E-state index in [9.17, 15) is 5.11 Å². The van der Waals surface area contributed by atoms with Gasteiger partial charge in [0.05, 0.1) is 12.7 Å². The maximum Gasteiger partial charge on any atom is 0.119 e. The molecule has 0 amide bonds. The Bertz CT molecular complexity index is 1080. The van der Waals surface area contributed by atoms with Crippen LogP contribution < -0.4 is 4.74 Å². The van der Waals surface area contributed by atoms with E-state index in [1.54, 1.807) is 0 Å². The van der Waals surface area contributed by atoms with E-state index in [4.69, 9.17) is 16.3 Å². The number of aliphatic hydroxyl groups is 1. The zero-order valence-corrected chi connectivity index (χ0v) is 19.6. The van der Waals surface area contributed by atoms with Crippen LogP contribution in [-0.4, -0.2) is 46.8 Å². The number of ether oxygens (including phenoxy) is 1. The summed E-state index contributed by atoms with van der Waals surface area (Å²) in [6.07, 6.45) is 4.41. The Labute approximate surface area is 201 Å². The van der Waals surface area contributed by atoms with Gasteiger partial charge in [0.1, 0.15) is 11.4 Å². The highest BCUT2D eigenvalue weighted by atomic mass is 35.5. The van der Waals surface area contributed by atoms with Gasteiger partial charge in [0, 0.05) is 41.5 Å². The highest BCUT2D eigenvalue weighted by Gasteiger charge is 2.20. The summed E-state index contributed by atoms with van der Waals surface area (Å²) in [7, 11) is 0. The zero-order chi connectivity index (χ0) is 23.0. The number of hydrogen-bond acceptors (Lipinski definition) is 4. The SMILES string of the molecule is CC(CCOc1ccc(C#Cc2ccc(-c3ccc(Cl)cc3)cn2)cc1)N1CCC(O)CC1. The maximum atomic E-state index is 9.65. The molecule has 170 valence electrons. The summed E-state index contributed by atoms with van der Waals surface area (Å²) in [5.41, 5.74) is 3.76. The Kier molecular flexibility index (Phi) is 8.01. The molecule has 1 aliphatic heterocycles. The fourth-order valence-corrected chi connectivity index (χ4v) is 4.03. The number of halogens is 1. The van der Waals surface area contributed by atoms with E-state index in [0.29, 0.717) is 12.6 Å². The number of aromatic nitrogens is 1. The van der Waals surface area contributed by atoms with Crippen molar-refractivity contribution in [3.63, 3.8) is 0 Å². The van der Waals surface area contributed by atoms with Crippen LogP contribution in [0.2, 0.25) is 5.02 Å². The molecular formula is C28H29ClN2O2. The van der Waals surface area contributed by atoms with Gasteiger partial charge in [-0.05, 0) is 80.1 Å². The third-order valence-corrected chi connectivity index (χ3v) is 6.31. The first-order valence-electron chi connectivity index (χ1n) is 11.5. The summed E-state index contributed by atoms with van der Waals surface area (Å²) in [6, 6.07) is 20.0. The average molecular weight is 461 g/mol. The molecule has 2 heterocycles. The van der Waals surface area contributed by atoms with Gasteiger partial charge in [0.15, 0.2) is 0 Å². The lowest BCUT2D eigenvalue weighted by Gasteiger charge is -2.34. The molecule has 0 bridgehead atoms. The summed E-state index contributed by atoms with van der Waals surface area (Å²) in [4.78, 5) is 6.90. The van der Waals surface area contributed by atoms with Gasteiger partial charge in [-0.3, -0.25) is 0 Å². The molecule has 0 radical (unpaired) electrons. The number of piperidine rings is 1. The molecule has 0 saturated carbocycles. The Morgan fingerprint density at radius 1 is 1.00 bits per heavy atom. The van der Waals surface area contributed by atoms with Crippen molar-refractivity contribution in [2.24, 2.45) is 0 Å². The second-order valence-corrected chi connectivity index (χ2v) is 8.90. The smallest absolute Gasteiger partial charge is 0.119 e. The van der Waals surface area contributed by atoms with E-state index in [0.717, 1.165) is 65.5 Å². The average Bonchev–Trinajstić information content (AvgIpc) is 2.85. The quantitative estimate of drug-likeness (QED) is 0.499. The second kappa shape index (κ2) is 11.3. The van der Waals surface area contributed by atoms with Crippen LogP contribution in [0.3, 0.4) is 0 Å². The molecule has 0 spiro atoms. The standard InChI is InChI=1S/C28H29ClN2O2/c1-21(31-17-14-27(32)15-18-31)16-19-33-28-12-3-22(4-13-28)2-10-26-11-7-24(20-30-26)23-5-8-25(29)9-6-23/h3-9,11-13,20-21,27,32H,14-19H2,1H3. The number of hydrogen-bond donors (Lipinski definition) is 1. The van der Waals surface area contributed by atoms with Gasteiger partial charge >= 0.3 is 0 Å². The normalized spacial score (nSPS) is 15.5. The summed E-state index contributed by atoms with van der Waals surface area (Å²) in [5.74, 6) is 7.14. The fourth-order valence-electron chi connectivity index (χ4n) is 3.91. The van der Waals surface area contributed by atoms with Gasteiger partial charge in [0.25, 0.3) is 0 Å². The molecule has 0 aliphatic carbocycles. The molecule has 1 fully saturated rings. The second-order valence-electron chi connectivity index (χ2n) is 8.47. The lowest BCUT2D eigenvalue weighted by Crippen LogP contribution is -2.42. The highest BCUT2D eigenvalue weighted by molar-refractivity contribution is 6.30. The van der Waals surface area contributed by atoms with Gasteiger partial charge in [-0.15, -0.1) is 0 Å². The molecule has 1 saturated heterocycles. The molecule has 4 rings (SSSR count). The van der Waals surface area contributed by atoms with Crippen molar-refractivity contribution in [2.45, 2.75) is 38.3 Å². The lowest BCUT2D eigenvalue weighted by molar-refractivity contribution is 0.0592. The van der Waals surface area contributed by atoms with Crippen molar-refractivity contribution in [2.75, 3.05) is 19.7 Å². The minimum atomic E-state index is -0.129. The van der Waals surface area contributed by atoms with Crippen molar-refractivity contribution in [3.05, 3.63) is 83.1 Å². The lowest BCUT2D eigenvalue weighted by atomic mass is 10.1. The monoisotopic (exact) mass is 460 g/mol. The van der Waals surface area contributed by atoms with Crippen LogP contribution in [0, 0.1) is 11.8 Å². The van der Waals surface area contributed by atoms with Crippen molar-refractivity contribution >= 4 is 11.6 Å². The highest BCUT2D eigenvalue weighted by Crippen LogP contribution is 2.21. The largest absolute Gasteiger partial charge is 0.494 e. The first kappa shape index (κ1) is 23.3. The number of aliphatic hydroxyl groups excluding tert-OH is 1. The third-order valence-electron chi connectivity index (χ3n) is 6.06. The van der Waals surface area contributed by atoms with E-state index < -0.39 is 0 Å². The summed E-state index contributed by atoms with van der Waals surface area (Å²) >= 11 is 5.95. The van der Waals surface area contributed by atoms with Gasteiger partial charge < -0.3 is 14.7 Å². The first-order valence-corrected chi connectivity index (χ1v) is 11.8. The van der Waals surface area contributed by atoms with Gasteiger partial charge in [0.2, 0.25) is 0 Å². The molecule has 4 nitrogen and oxygen atoms in total. The van der Waals surface area contributed by atoms with Crippen LogP contribution in [0.5, 0.6) is 5.75 Å². The minimum Gasteiger partial charge on any atom is -0.494 e. The minimum absolute atomic E-state index is 0.129. The van der Waals surface area contributed by atoms with Gasteiger partial charge in [-0.2, -0.15) is 0 Å². The predicted molar refractivity (Wildman–Crippen MR) is 133 cm³/mol. The van der Waals surface area contributed by atoms with E-state index >= 15 is 0 Å². The van der Waals surface area contributed by atoms with Crippen LogP contribution in [0.1, 0.15) is 37.4 Å². The van der Waals surface area contributed by atoms with E-state index in [1.807, 2.05) is 66.9 Å². The Hall–Kier alpha value is -2.84. The number of rotatable bonds is 6. The van der Waals surface area contributed by atoms with Crippen LogP contribution in [0.15, 0.2) is 66.9 Å². The number of nitrogens with zero attached hydrogens (tertiary/aromatic N) is 2. The van der Waals surface area contributed by atoms with Crippen LogP contribution >= 0.6 is 11.6 Å². The summed E-state index contributed by atoms with van der Waals surface area (Å²) < 4.78 is 5.92. The fraction of sp³-hybridized carbons (Fsp3) is 0.321. The zero-order valence-electron chi connectivity index (χ0n) is 18.9. The third kappa shape index (κ3) is 6.82. The topological polar surface area (TPSA) is 45.6 Å². The molecule has 2 aromatic carbocycles. The molecule has 1 aliphatic rings. The van der Waals surface area contributed by atoms with Gasteiger partial charge in [-0.1, -0.05) is 35.7 Å². The van der Waals surface area contributed by atoms with Crippen LogP contribution in [0.25, 0.3) is 11.1 Å². The van der Waals surface area contributed by atoms with Crippen LogP contribution in [-0.2, 0) is 0 Å².